The van der Waals surface area contributed by atoms with Crippen LogP contribution in [0.25, 0.3) is 0 Å². The first kappa shape index (κ1) is 11.4. The number of nitrogens with one attached hydrogen (secondary N) is 2. The van der Waals surface area contributed by atoms with E-state index in [1.807, 2.05) is 0 Å². The molecule has 1 saturated carbocycles. The highest BCUT2D eigenvalue weighted by atomic mass is 16.1. The van der Waals surface area contributed by atoms with E-state index in [9.17, 15) is 9.59 Å². The molecule has 0 atom stereocenters. The summed E-state index contributed by atoms with van der Waals surface area (Å²) >= 11 is 0. The number of amides is 1. The molecule has 1 aromatic heterocycles. The van der Waals surface area contributed by atoms with E-state index < -0.39 is 0 Å². The zero-order valence-corrected chi connectivity index (χ0v) is 9.56. The summed E-state index contributed by atoms with van der Waals surface area (Å²) in [6.45, 7) is 0.780. The minimum atomic E-state index is -0.343. The molecule has 0 spiro atoms. The summed E-state index contributed by atoms with van der Waals surface area (Å²) in [5, 5.41) is 2.40. The highest BCUT2D eigenvalue weighted by Crippen LogP contribution is 2.31. The molecular weight excluding hydrogens is 222 g/mol. The van der Waals surface area contributed by atoms with Gasteiger partial charge in [-0.1, -0.05) is 0 Å². The van der Waals surface area contributed by atoms with E-state index in [1.54, 1.807) is 11.9 Å². The van der Waals surface area contributed by atoms with E-state index in [2.05, 4.69) is 15.3 Å². The first-order chi connectivity index (χ1) is 8.11. The van der Waals surface area contributed by atoms with Gasteiger partial charge in [0, 0.05) is 13.6 Å². The number of anilines is 3. The summed E-state index contributed by atoms with van der Waals surface area (Å²) in [4.78, 5) is 30.4. The summed E-state index contributed by atoms with van der Waals surface area (Å²) in [6, 6.07) is 0. The van der Waals surface area contributed by atoms with Crippen LogP contribution in [-0.4, -0.2) is 30.0 Å². The zero-order chi connectivity index (χ0) is 12.4. The second-order valence-electron chi connectivity index (χ2n) is 4.23. The minimum absolute atomic E-state index is 0.0112. The quantitative estimate of drug-likeness (QED) is 0.613. The summed E-state index contributed by atoms with van der Waals surface area (Å²) < 4.78 is 0. The van der Waals surface area contributed by atoms with E-state index in [0.717, 1.165) is 6.54 Å². The fourth-order valence-electron chi connectivity index (χ4n) is 1.77. The maximum Gasteiger partial charge on any atom is 0.278 e. The third-order valence-corrected chi connectivity index (χ3v) is 2.72. The predicted molar refractivity (Wildman–Crippen MR) is 65.0 cm³/mol. The van der Waals surface area contributed by atoms with Crippen LogP contribution >= 0.6 is 0 Å². The molecule has 0 aliphatic heterocycles. The molecular formula is C10H15N5O2. The smallest absolute Gasteiger partial charge is 0.278 e. The molecule has 7 nitrogen and oxygen atoms in total. The lowest BCUT2D eigenvalue weighted by molar-refractivity contribution is -0.105. The first-order valence-electron chi connectivity index (χ1n) is 5.43. The number of nitrogen functional groups attached to an aromatic ring is 1. The maximum atomic E-state index is 11.8. The van der Waals surface area contributed by atoms with Gasteiger partial charge >= 0.3 is 0 Å². The lowest BCUT2D eigenvalue weighted by Gasteiger charge is -2.20. The van der Waals surface area contributed by atoms with Gasteiger partial charge in [0.05, 0.1) is 0 Å². The molecule has 0 bridgehead atoms. The molecule has 92 valence electrons. The van der Waals surface area contributed by atoms with Crippen LogP contribution in [0.4, 0.5) is 17.5 Å². The Balaban J connectivity index is 2.34. The molecule has 1 fully saturated rings. The van der Waals surface area contributed by atoms with Gasteiger partial charge in [-0.15, -0.1) is 0 Å². The number of hydrogen-bond acceptors (Lipinski definition) is 5. The van der Waals surface area contributed by atoms with Gasteiger partial charge in [0.2, 0.25) is 12.4 Å². The lowest BCUT2D eigenvalue weighted by atomic mass is 10.3. The van der Waals surface area contributed by atoms with Crippen LogP contribution in [0.2, 0.25) is 0 Å². The summed E-state index contributed by atoms with van der Waals surface area (Å²) in [7, 11) is 1.80. The molecule has 0 unspecified atom stereocenters. The molecule has 1 heterocycles. The van der Waals surface area contributed by atoms with Crippen LogP contribution < -0.4 is 21.5 Å². The largest absolute Gasteiger partial charge is 0.369 e. The normalized spacial score (nSPS) is 14.4. The number of carbonyl (C=O) groups excluding carboxylic acids is 1. The van der Waals surface area contributed by atoms with Crippen molar-refractivity contribution >= 4 is 23.9 Å². The van der Waals surface area contributed by atoms with Crippen molar-refractivity contribution in [3.05, 3.63) is 10.4 Å². The number of rotatable bonds is 5. The first-order valence-corrected chi connectivity index (χ1v) is 5.43. The zero-order valence-electron chi connectivity index (χ0n) is 9.56. The third-order valence-electron chi connectivity index (χ3n) is 2.72. The molecule has 7 heteroatoms. The summed E-state index contributed by atoms with van der Waals surface area (Å²) in [5.74, 6) is 0.813. The number of hydrogen-bond donors (Lipinski definition) is 3. The molecule has 2 rings (SSSR count). The second-order valence-corrected chi connectivity index (χ2v) is 4.23. The van der Waals surface area contributed by atoms with Crippen molar-refractivity contribution in [1.29, 1.82) is 0 Å². The minimum Gasteiger partial charge on any atom is -0.369 e. The molecule has 1 aliphatic rings. The number of nitrogens with zero attached hydrogens (tertiary/aromatic N) is 2. The van der Waals surface area contributed by atoms with Crippen molar-refractivity contribution in [1.82, 2.24) is 9.97 Å². The van der Waals surface area contributed by atoms with Crippen molar-refractivity contribution in [3.63, 3.8) is 0 Å². The van der Waals surface area contributed by atoms with Crippen LogP contribution in [0.1, 0.15) is 12.8 Å². The molecule has 0 radical (unpaired) electrons. The Kier molecular flexibility index (Phi) is 2.99. The van der Waals surface area contributed by atoms with Crippen molar-refractivity contribution in [2.75, 3.05) is 29.5 Å². The summed E-state index contributed by atoms with van der Waals surface area (Å²) in [6.07, 6.45) is 2.85. The van der Waals surface area contributed by atoms with Gasteiger partial charge in [0.15, 0.2) is 5.82 Å². The molecule has 1 amide bonds. The Bertz CT molecular complexity index is 480. The van der Waals surface area contributed by atoms with Crippen LogP contribution in [-0.2, 0) is 4.79 Å². The number of H-pyrrole nitrogens is 1. The highest BCUT2D eigenvalue weighted by Gasteiger charge is 2.25. The molecule has 0 saturated heterocycles. The third kappa shape index (κ3) is 2.55. The molecule has 1 aliphatic carbocycles. The van der Waals surface area contributed by atoms with Crippen LogP contribution in [0.3, 0.4) is 0 Å². The van der Waals surface area contributed by atoms with Gasteiger partial charge < -0.3 is 16.0 Å². The van der Waals surface area contributed by atoms with Crippen LogP contribution in [0.15, 0.2) is 4.79 Å². The highest BCUT2D eigenvalue weighted by molar-refractivity contribution is 5.78. The van der Waals surface area contributed by atoms with Crippen molar-refractivity contribution < 1.29 is 4.79 Å². The fraction of sp³-hybridized carbons (Fsp3) is 0.500. The lowest BCUT2D eigenvalue weighted by Crippen LogP contribution is -2.29. The van der Waals surface area contributed by atoms with Crippen molar-refractivity contribution in [2.24, 2.45) is 5.92 Å². The standard InChI is InChI=1S/C10H15N5O2/c1-15(4-6-2-3-6)7-8(12-5-16)13-10(11)14-9(7)17/h5-6H,2-4H2,1H3,(H4,11,12,13,14,16,17). The second kappa shape index (κ2) is 4.44. The fourth-order valence-corrected chi connectivity index (χ4v) is 1.77. The van der Waals surface area contributed by atoms with Gasteiger partial charge in [-0.05, 0) is 18.8 Å². The number of nitrogens with two attached hydrogens (primary N) is 1. The van der Waals surface area contributed by atoms with E-state index in [-0.39, 0.29) is 17.3 Å². The Labute approximate surface area is 98.0 Å². The summed E-state index contributed by atoms with van der Waals surface area (Å²) in [5.41, 5.74) is 5.43. The predicted octanol–water partition coefficient (Wildman–Crippen LogP) is -0.233. The average Bonchev–Trinajstić information content (AvgIpc) is 3.00. The van der Waals surface area contributed by atoms with E-state index in [0.29, 0.717) is 18.0 Å². The number of aromatic nitrogens is 2. The van der Waals surface area contributed by atoms with Gasteiger partial charge in [-0.25, -0.2) is 0 Å². The van der Waals surface area contributed by atoms with Crippen LogP contribution in [0, 0.1) is 5.92 Å². The average molecular weight is 237 g/mol. The maximum absolute atomic E-state index is 11.8. The van der Waals surface area contributed by atoms with Crippen molar-refractivity contribution in [2.45, 2.75) is 12.8 Å². The topological polar surface area (TPSA) is 104 Å². The SMILES string of the molecule is CN(CC1CC1)c1c(NC=O)nc(N)[nH]c1=O. The van der Waals surface area contributed by atoms with Crippen molar-refractivity contribution in [3.8, 4) is 0 Å². The van der Waals surface area contributed by atoms with Gasteiger partial charge in [-0.2, -0.15) is 4.98 Å². The van der Waals surface area contributed by atoms with E-state index in [4.69, 9.17) is 5.73 Å². The molecule has 1 aromatic rings. The number of carbonyl (C=O) groups is 1. The van der Waals surface area contributed by atoms with Gasteiger partial charge in [-0.3, -0.25) is 14.6 Å². The van der Waals surface area contributed by atoms with E-state index >= 15 is 0 Å². The molecule has 4 N–H and O–H groups in total. The monoisotopic (exact) mass is 237 g/mol. The van der Waals surface area contributed by atoms with Gasteiger partial charge in [0.25, 0.3) is 5.56 Å². The Morgan fingerprint density at radius 3 is 2.94 bits per heavy atom. The molecule has 0 aromatic carbocycles. The Morgan fingerprint density at radius 2 is 2.35 bits per heavy atom. The van der Waals surface area contributed by atoms with Crippen LogP contribution in [0.5, 0.6) is 0 Å². The van der Waals surface area contributed by atoms with E-state index in [1.165, 1.54) is 12.8 Å². The molecule has 17 heavy (non-hydrogen) atoms. The Morgan fingerprint density at radius 1 is 1.65 bits per heavy atom. The number of aromatic amines is 1. The Hall–Kier alpha value is -2.05. The van der Waals surface area contributed by atoms with Gasteiger partial charge in [0.1, 0.15) is 5.69 Å².